The molecule has 25 heavy (non-hydrogen) atoms. The van der Waals surface area contributed by atoms with E-state index in [0.717, 1.165) is 6.07 Å². The molecule has 0 bridgehead atoms. The summed E-state index contributed by atoms with van der Waals surface area (Å²) in [7, 11) is 0. The SMILES string of the molecule is O=C(CCC(=O)c1cccs1)NCC(=O)Nc1ccc(F)c(F)c1F. The highest BCUT2D eigenvalue weighted by molar-refractivity contribution is 7.12. The fourth-order valence-corrected chi connectivity index (χ4v) is 2.57. The van der Waals surface area contributed by atoms with Gasteiger partial charge in [-0.25, -0.2) is 13.2 Å². The molecule has 0 unspecified atom stereocenters. The molecular formula is C16H13F3N2O3S. The molecule has 9 heteroatoms. The lowest BCUT2D eigenvalue weighted by Crippen LogP contribution is -2.33. The number of carbonyl (C=O) groups is 3. The van der Waals surface area contributed by atoms with Crippen molar-refractivity contribution in [1.29, 1.82) is 0 Å². The molecule has 2 rings (SSSR count). The molecule has 2 N–H and O–H groups in total. The number of halogens is 3. The van der Waals surface area contributed by atoms with Crippen LogP contribution in [0.5, 0.6) is 0 Å². The predicted molar refractivity (Wildman–Crippen MR) is 85.8 cm³/mol. The molecule has 0 aliphatic heterocycles. The van der Waals surface area contributed by atoms with Gasteiger partial charge in [0.05, 0.1) is 17.1 Å². The smallest absolute Gasteiger partial charge is 0.243 e. The first-order valence-electron chi connectivity index (χ1n) is 7.15. The van der Waals surface area contributed by atoms with E-state index in [2.05, 4.69) is 5.32 Å². The number of hydrogen-bond acceptors (Lipinski definition) is 4. The summed E-state index contributed by atoms with van der Waals surface area (Å²) in [5.74, 6) is -6.14. The van der Waals surface area contributed by atoms with Gasteiger partial charge < -0.3 is 10.6 Å². The maximum atomic E-state index is 13.4. The van der Waals surface area contributed by atoms with E-state index in [-0.39, 0.29) is 18.6 Å². The topological polar surface area (TPSA) is 75.3 Å². The molecule has 5 nitrogen and oxygen atoms in total. The van der Waals surface area contributed by atoms with Crippen molar-refractivity contribution < 1.29 is 27.6 Å². The van der Waals surface area contributed by atoms with Crippen molar-refractivity contribution in [1.82, 2.24) is 5.32 Å². The minimum Gasteiger partial charge on any atom is -0.347 e. The summed E-state index contributed by atoms with van der Waals surface area (Å²) in [6.07, 6.45) is -0.116. The van der Waals surface area contributed by atoms with Crippen molar-refractivity contribution in [2.24, 2.45) is 0 Å². The Labute approximate surface area is 144 Å². The molecule has 0 saturated heterocycles. The minimum atomic E-state index is -1.70. The van der Waals surface area contributed by atoms with Crippen molar-refractivity contribution in [3.8, 4) is 0 Å². The molecule has 0 fully saturated rings. The van der Waals surface area contributed by atoms with Gasteiger partial charge in [0, 0.05) is 12.8 Å². The van der Waals surface area contributed by atoms with Crippen LogP contribution in [0, 0.1) is 17.5 Å². The van der Waals surface area contributed by atoms with Crippen LogP contribution in [-0.4, -0.2) is 24.1 Å². The van der Waals surface area contributed by atoms with Crippen LogP contribution in [-0.2, 0) is 9.59 Å². The first-order valence-corrected chi connectivity index (χ1v) is 8.03. The number of carbonyl (C=O) groups excluding carboxylic acids is 3. The first kappa shape index (κ1) is 18.7. The molecular weight excluding hydrogens is 357 g/mol. The van der Waals surface area contributed by atoms with Crippen molar-refractivity contribution in [2.75, 3.05) is 11.9 Å². The Balaban J connectivity index is 1.77. The van der Waals surface area contributed by atoms with Gasteiger partial charge in [-0.15, -0.1) is 11.3 Å². The lowest BCUT2D eigenvalue weighted by molar-refractivity contribution is -0.124. The van der Waals surface area contributed by atoms with Crippen LogP contribution in [0.1, 0.15) is 22.5 Å². The van der Waals surface area contributed by atoms with Crippen LogP contribution in [0.15, 0.2) is 29.6 Å². The average Bonchev–Trinajstić information content (AvgIpc) is 3.13. The largest absolute Gasteiger partial charge is 0.347 e. The normalized spacial score (nSPS) is 10.4. The molecule has 0 saturated carbocycles. The predicted octanol–water partition coefficient (Wildman–Crippen LogP) is 2.88. The summed E-state index contributed by atoms with van der Waals surface area (Å²) in [6, 6.07) is 4.91. The second-order valence-corrected chi connectivity index (χ2v) is 5.90. The summed E-state index contributed by atoms with van der Waals surface area (Å²) in [5, 5.41) is 6.02. The summed E-state index contributed by atoms with van der Waals surface area (Å²) >= 11 is 1.27. The Morgan fingerprint density at radius 2 is 1.72 bits per heavy atom. The summed E-state index contributed by atoms with van der Waals surface area (Å²) in [5.41, 5.74) is -0.536. The molecule has 0 radical (unpaired) electrons. The van der Waals surface area contributed by atoms with Crippen LogP contribution >= 0.6 is 11.3 Å². The first-order chi connectivity index (χ1) is 11.9. The van der Waals surface area contributed by atoms with Gasteiger partial charge in [0.25, 0.3) is 0 Å². The number of anilines is 1. The second-order valence-electron chi connectivity index (χ2n) is 4.95. The van der Waals surface area contributed by atoms with Gasteiger partial charge in [0.1, 0.15) is 0 Å². The molecule has 0 atom stereocenters. The highest BCUT2D eigenvalue weighted by Gasteiger charge is 2.16. The van der Waals surface area contributed by atoms with E-state index >= 15 is 0 Å². The van der Waals surface area contributed by atoms with E-state index in [1.54, 1.807) is 17.5 Å². The van der Waals surface area contributed by atoms with E-state index in [1.165, 1.54) is 11.3 Å². The van der Waals surface area contributed by atoms with E-state index in [0.29, 0.717) is 10.9 Å². The third kappa shape index (κ3) is 5.15. The molecule has 1 heterocycles. The van der Waals surface area contributed by atoms with Crippen LogP contribution in [0.25, 0.3) is 0 Å². The number of hydrogen-bond donors (Lipinski definition) is 2. The molecule has 0 spiro atoms. The highest BCUT2D eigenvalue weighted by atomic mass is 32.1. The molecule has 0 aliphatic rings. The number of rotatable bonds is 7. The number of ketones is 1. The van der Waals surface area contributed by atoms with E-state index in [9.17, 15) is 27.6 Å². The molecule has 0 aliphatic carbocycles. The highest BCUT2D eigenvalue weighted by Crippen LogP contribution is 2.19. The van der Waals surface area contributed by atoms with Gasteiger partial charge in [-0.3, -0.25) is 14.4 Å². The summed E-state index contributed by atoms with van der Waals surface area (Å²) < 4.78 is 39.2. The Morgan fingerprint density at radius 1 is 0.960 bits per heavy atom. The number of benzene rings is 1. The van der Waals surface area contributed by atoms with Crippen molar-refractivity contribution in [3.05, 3.63) is 52.0 Å². The monoisotopic (exact) mass is 370 g/mol. The quantitative estimate of drug-likeness (QED) is 0.581. The number of Topliss-reactive ketones (excluding diaryl/α,β-unsaturated/α-hetero) is 1. The van der Waals surface area contributed by atoms with Gasteiger partial charge in [-0.05, 0) is 23.6 Å². The van der Waals surface area contributed by atoms with E-state index < -0.39 is 41.5 Å². The van der Waals surface area contributed by atoms with Crippen molar-refractivity contribution in [2.45, 2.75) is 12.8 Å². The Kier molecular flexibility index (Phi) is 6.29. The lowest BCUT2D eigenvalue weighted by Gasteiger charge is -2.08. The minimum absolute atomic E-state index is 0.00817. The molecule has 1 aromatic heterocycles. The fraction of sp³-hybridized carbons (Fsp3) is 0.188. The van der Waals surface area contributed by atoms with Crippen LogP contribution < -0.4 is 10.6 Å². The van der Waals surface area contributed by atoms with Gasteiger partial charge in [-0.1, -0.05) is 6.07 Å². The zero-order chi connectivity index (χ0) is 18.4. The zero-order valence-electron chi connectivity index (χ0n) is 12.8. The molecule has 132 valence electrons. The van der Waals surface area contributed by atoms with E-state index in [4.69, 9.17) is 0 Å². The summed E-state index contributed by atoms with van der Waals surface area (Å²) in [6.45, 7) is -0.496. The molecule has 1 aromatic carbocycles. The fourth-order valence-electron chi connectivity index (χ4n) is 1.87. The number of amides is 2. The Hall–Kier alpha value is -2.68. The zero-order valence-corrected chi connectivity index (χ0v) is 13.6. The maximum absolute atomic E-state index is 13.4. The van der Waals surface area contributed by atoms with Gasteiger partial charge in [-0.2, -0.15) is 0 Å². The lowest BCUT2D eigenvalue weighted by atomic mass is 10.2. The van der Waals surface area contributed by atoms with E-state index in [1.807, 2.05) is 5.32 Å². The number of nitrogens with one attached hydrogen (secondary N) is 2. The van der Waals surface area contributed by atoms with Crippen LogP contribution in [0.2, 0.25) is 0 Å². The Bertz CT molecular complexity index is 794. The number of thiophene rings is 1. The van der Waals surface area contributed by atoms with Crippen LogP contribution in [0.4, 0.5) is 18.9 Å². The molecule has 2 aromatic rings. The average molecular weight is 370 g/mol. The third-order valence-corrected chi connectivity index (χ3v) is 4.04. The van der Waals surface area contributed by atoms with Gasteiger partial charge >= 0.3 is 0 Å². The van der Waals surface area contributed by atoms with Gasteiger partial charge in [0.15, 0.2) is 23.2 Å². The third-order valence-electron chi connectivity index (χ3n) is 3.13. The Morgan fingerprint density at radius 3 is 2.40 bits per heavy atom. The maximum Gasteiger partial charge on any atom is 0.243 e. The summed E-state index contributed by atoms with van der Waals surface area (Å²) in [4.78, 5) is 35.5. The molecule has 2 amide bonds. The second kappa shape index (κ2) is 8.43. The standard InChI is InChI=1S/C16H13F3N2O3S/c17-9-3-4-10(16(19)15(9)18)21-14(24)8-20-13(23)6-5-11(22)12-2-1-7-25-12/h1-4,7H,5-6,8H2,(H,20,23)(H,21,24). The van der Waals surface area contributed by atoms with Crippen molar-refractivity contribution >= 4 is 34.6 Å². The van der Waals surface area contributed by atoms with Crippen LogP contribution in [0.3, 0.4) is 0 Å². The van der Waals surface area contributed by atoms with Crippen molar-refractivity contribution in [3.63, 3.8) is 0 Å². The van der Waals surface area contributed by atoms with Gasteiger partial charge in [0.2, 0.25) is 11.8 Å².